The molecular formula is C21H25IN4O3. The first-order valence-electron chi connectivity index (χ1n) is 8.98. The quantitative estimate of drug-likeness (QED) is 0.259. The van der Waals surface area contributed by atoms with Crippen molar-refractivity contribution in [1.82, 2.24) is 10.6 Å². The molecule has 0 aliphatic carbocycles. The lowest BCUT2D eigenvalue weighted by Crippen LogP contribution is -2.36. The second kappa shape index (κ2) is 10.7. The molecule has 0 atom stereocenters. The van der Waals surface area contributed by atoms with Gasteiger partial charge in [-0.25, -0.2) is 0 Å². The Morgan fingerprint density at radius 1 is 1.14 bits per heavy atom. The number of carbonyl (C=O) groups is 1. The molecule has 8 heteroatoms. The lowest BCUT2D eigenvalue weighted by Gasteiger charge is -2.12. The topological polar surface area (TPSA) is 102 Å². The maximum absolute atomic E-state index is 10.8. The molecule has 1 amide bonds. The fourth-order valence-electron chi connectivity index (χ4n) is 2.86. The molecule has 2 aromatic carbocycles. The number of carbonyl (C=O) groups excluding carboxylic acids is 1. The number of hydrogen-bond acceptors (Lipinski definition) is 4. The molecule has 0 unspecified atom stereocenters. The van der Waals surface area contributed by atoms with Crippen LogP contribution in [0.3, 0.4) is 0 Å². The summed E-state index contributed by atoms with van der Waals surface area (Å²) in [5, 5.41) is 7.64. The normalized spacial score (nSPS) is 11.0. The van der Waals surface area contributed by atoms with Gasteiger partial charge in [-0.05, 0) is 30.7 Å². The molecular weight excluding hydrogens is 483 g/mol. The minimum atomic E-state index is -0.506. The van der Waals surface area contributed by atoms with Gasteiger partial charge in [-0.3, -0.25) is 9.79 Å². The van der Waals surface area contributed by atoms with Crippen molar-refractivity contribution >= 4 is 46.8 Å². The van der Waals surface area contributed by atoms with Gasteiger partial charge in [-0.2, -0.15) is 0 Å². The number of nitrogens with two attached hydrogens (primary N) is 1. The van der Waals surface area contributed by atoms with E-state index in [1.165, 1.54) is 0 Å². The summed E-state index contributed by atoms with van der Waals surface area (Å²) in [6, 6.07) is 15.4. The molecule has 1 heterocycles. The Balaban J connectivity index is 0.00000300. The first kappa shape index (κ1) is 22.5. The number of aliphatic imine (C=N–C) groups is 1. The molecule has 3 aromatic rings. The summed E-state index contributed by atoms with van der Waals surface area (Å²) in [6.45, 7) is 2.99. The van der Waals surface area contributed by atoms with Crippen LogP contribution in [0.4, 0.5) is 0 Å². The lowest BCUT2D eigenvalue weighted by atomic mass is 10.1. The summed E-state index contributed by atoms with van der Waals surface area (Å²) < 4.78 is 11.2. The minimum absolute atomic E-state index is 0. The van der Waals surface area contributed by atoms with E-state index >= 15 is 0 Å². The van der Waals surface area contributed by atoms with Crippen LogP contribution in [0.2, 0.25) is 0 Å². The van der Waals surface area contributed by atoms with Gasteiger partial charge in [0, 0.05) is 24.5 Å². The highest BCUT2D eigenvalue weighted by atomic mass is 127. The van der Waals surface area contributed by atoms with Gasteiger partial charge < -0.3 is 25.5 Å². The van der Waals surface area contributed by atoms with E-state index in [0.29, 0.717) is 24.8 Å². The average molecular weight is 508 g/mol. The highest BCUT2D eigenvalue weighted by Crippen LogP contribution is 2.24. The lowest BCUT2D eigenvalue weighted by molar-refractivity contribution is -0.119. The third-order valence-corrected chi connectivity index (χ3v) is 4.32. The van der Waals surface area contributed by atoms with Gasteiger partial charge in [0.2, 0.25) is 0 Å². The second-order valence-electron chi connectivity index (χ2n) is 6.33. The van der Waals surface area contributed by atoms with Crippen molar-refractivity contribution in [3.8, 4) is 5.75 Å². The summed E-state index contributed by atoms with van der Waals surface area (Å²) in [4.78, 5) is 15.1. The third kappa shape index (κ3) is 6.11. The maximum Gasteiger partial charge on any atom is 0.255 e. The number of fused-ring (bicyclic) bond motifs is 1. The molecule has 0 spiro atoms. The number of nitrogens with one attached hydrogen (secondary N) is 2. The van der Waals surface area contributed by atoms with Gasteiger partial charge in [-0.15, -0.1) is 24.0 Å². The number of nitrogens with zero attached hydrogens (tertiary/aromatic N) is 1. The molecule has 154 valence electrons. The Morgan fingerprint density at radius 2 is 1.90 bits per heavy atom. The number of primary amides is 1. The van der Waals surface area contributed by atoms with E-state index in [0.717, 1.165) is 27.9 Å². The van der Waals surface area contributed by atoms with Crippen molar-refractivity contribution in [3.05, 3.63) is 65.4 Å². The van der Waals surface area contributed by atoms with Gasteiger partial charge in [0.15, 0.2) is 12.6 Å². The molecule has 0 bridgehead atoms. The van der Waals surface area contributed by atoms with Crippen molar-refractivity contribution in [1.29, 1.82) is 0 Å². The van der Waals surface area contributed by atoms with Crippen molar-refractivity contribution in [2.24, 2.45) is 10.7 Å². The fourth-order valence-corrected chi connectivity index (χ4v) is 2.86. The first-order valence-corrected chi connectivity index (χ1v) is 8.98. The largest absolute Gasteiger partial charge is 0.484 e. The Bertz CT molecular complexity index is 1000. The number of guanidine groups is 1. The molecule has 0 aliphatic rings. The Hall–Kier alpha value is -2.75. The van der Waals surface area contributed by atoms with Gasteiger partial charge in [0.05, 0.1) is 6.54 Å². The van der Waals surface area contributed by atoms with Crippen molar-refractivity contribution in [2.45, 2.75) is 20.0 Å². The molecule has 1 aromatic heterocycles. The van der Waals surface area contributed by atoms with Crippen molar-refractivity contribution in [3.63, 3.8) is 0 Å². The second-order valence-corrected chi connectivity index (χ2v) is 6.33. The van der Waals surface area contributed by atoms with Gasteiger partial charge in [-0.1, -0.05) is 30.3 Å². The number of halogens is 1. The molecule has 29 heavy (non-hydrogen) atoms. The molecule has 0 aliphatic heterocycles. The molecule has 0 saturated carbocycles. The average Bonchev–Trinajstić information content (AvgIpc) is 3.03. The van der Waals surface area contributed by atoms with E-state index < -0.39 is 5.91 Å². The highest BCUT2D eigenvalue weighted by Gasteiger charge is 2.10. The van der Waals surface area contributed by atoms with E-state index in [9.17, 15) is 4.79 Å². The number of para-hydroxylation sites is 1. The van der Waals surface area contributed by atoms with Crippen LogP contribution < -0.4 is 21.1 Å². The summed E-state index contributed by atoms with van der Waals surface area (Å²) in [7, 11) is 1.72. The van der Waals surface area contributed by atoms with Crippen LogP contribution in [0.25, 0.3) is 11.0 Å². The number of hydrogen-bond donors (Lipinski definition) is 3. The van der Waals surface area contributed by atoms with Crippen LogP contribution in [0.15, 0.2) is 57.9 Å². The predicted molar refractivity (Wildman–Crippen MR) is 125 cm³/mol. The van der Waals surface area contributed by atoms with E-state index in [2.05, 4.69) is 28.6 Å². The summed E-state index contributed by atoms with van der Waals surface area (Å²) in [5.74, 6) is 1.63. The van der Waals surface area contributed by atoms with Crippen LogP contribution in [-0.2, 0) is 17.9 Å². The zero-order chi connectivity index (χ0) is 19.9. The van der Waals surface area contributed by atoms with E-state index in [4.69, 9.17) is 14.9 Å². The summed E-state index contributed by atoms with van der Waals surface area (Å²) >= 11 is 0. The summed E-state index contributed by atoms with van der Waals surface area (Å²) in [5.41, 5.74) is 8.10. The minimum Gasteiger partial charge on any atom is -0.484 e. The smallest absolute Gasteiger partial charge is 0.255 e. The molecule has 3 rings (SSSR count). The highest BCUT2D eigenvalue weighted by molar-refractivity contribution is 14.0. The van der Waals surface area contributed by atoms with Gasteiger partial charge in [0.25, 0.3) is 5.91 Å². The zero-order valence-corrected chi connectivity index (χ0v) is 18.7. The van der Waals surface area contributed by atoms with Crippen LogP contribution >= 0.6 is 24.0 Å². The fraction of sp³-hybridized carbons (Fsp3) is 0.238. The van der Waals surface area contributed by atoms with Crippen LogP contribution in [0.1, 0.15) is 16.9 Å². The maximum atomic E-state index is 10.8. The number of furan rings is 1. The zero-order valence-electron chi connectivity index (χ0n) is 16.4. The molecule has 0 fully saturated rings. The van der Waals surface area contributed by atoms with Crippen LogP contribution in [-0.4, -0.2) is 25.5 Å². The molecule has 4 N–H and O–H groups in total. The van der Waals surface area contributed by atoms with Crippen molar-refractivity contribution < 1.29 is 13.9 Å². The standard InChI is InChI=1S/C21H24N4O3.HI/c1-14-17-8-3-4-9-18(17)28-19(14)12-25-21(23-2)24-11-15-6-5-7-16(10-15)27-13-20(22)26;/h3-10H,11-13H2,1-2H3,(H2,22,26)(H2,23,24,25);1H. The number of benzene rings is 2. The number of aryl methyl sites for hydroxylation is 1. The van der Waals surface area contributed by atoms with E-state index in [1.54, 1.807) is 13.1 Å². The molecule has 7 nitrogen and oxygen atoms in total. The van der Waals surface area contributed by atoms with Crippen LogP contribution in [0, 0.1) is 6.92 Å². The van der Waals surface area contributed by atoms with Crippen molar-refractivity contribution in [2.75, 3.05) is 13.7 Å². The number of amides is 1. The third-order valence-electron chi connectivity index (χ3n) is 4.32. The Morgan fingerprint density at radius 3 is 2.62 bits per heavy atom. The Labute approximate surface area is 186 Å². The van der Waals surface area contributed by atoms with Gasteiger partial charge in [0.1, 0.15) is 17.1 Å². The SMILES string of the molecule is CN=C(NCc1cccc(OCC(N)=O)c1)NCc1oc2ccccc2c1C.I. The summed E-state index contributed by atoms with van der Waals surface area (Å²) in [6.07, 6.45) is 0. The van der Waals surface area contributed by atoms with E-state index in [-0.39, 0.29) is 30.6 Å². The molecule has 0 radical (unpaired) electrons. The predicted octanol–water partition coefficient (Wildman–Crippen LogP) is 3.09. The Kier molecular flexibility index (Phi) is 8.32. The van der Waals surface area contributed by atoms with Crippen LogP contribution in [0.5, 0.6) is 5.75 Å². The molecule has 0 saturated heterocycles. The monoisotopic (exact) mass is 508 g/mol. The van der Waals surface area contributed by atoms with Gasteiger partial charge >= 0.3 is 0 Å². The first-order chi connectivity index (χ1) is 13.6. The number of ether oxygens (including phenoxy) is 1. The number of rotatable bonds is 7. The van der Waals surface area contributed by atoms with E-state index in [1.807, 2.05) is 36.4 Å².